The molecule has 0 spiro atoms. The average molecular weight is 242 g/mol. The minimum Gasteiger partial charge on any atom is -0.271 e. The number of nitrogens with one attached hydrogen (secondary N) is 1. The predicted octanol–water partition coefficient (Wildman–Crippen LogP) is 1.95. The van der Waals surface area contributed by atoms with Crippen LogP contribution in [0, 0.1) is 20.8 Å². The maximum Gasteiger partial charge on any atom is 0.125 e. The lowest BCUT2D eigenvalue weighted by atomic mass is 9.99. The van der Waals surface area contributed by atoms with Crippen LogP contribution in [0.25, 0.3) is 0 Å². The molecule has 0 aliphatic rings. The third-order valence-corrected chi connectivity index (χ3v) is 2.84. The lowest BCUT2D eigenvalue weighted by Gasteiger charge is -2.17. The summed E-state index contributed by atoms with van der Waals surface area (Å²) in [6.07, 6.45) is 1.75. The van der Waals surface area contributed by atoms with Crippen molar-refractivity contribution in [2.45, 2.75) is 26.8 Å². The molecule has 1 atom stereocenters. The van der Waals surface area contributed by atoms with E-state index < -0.39 is 0 Å². The number of aryl methyl sites for hydroxylation is 3. The zero-order chi connectivity index (χ0) is 13.1. The fraction of sp³-hybridized carbons (Fsp3) is 0.286. The molecule has 2 aromatic rings. The van der Waals surface area contributed by atoms with Crippen LogP contribution in [0.4, 0.5) is 0 Å². The summed E-state index contributed by atoms with van der Waals surface area (Å²) in [5, 5.41) is 0. The van der Waals surface area contributed by atoms with E-state index in [1.807, 2.05) is 13.0 Å². The first kappa shape index (κ1) is 12.7. The Morgan fingerprint density at radius 3 is 2.33 bits per heavy atom. The van der Waals surface area contributed by atoms with E-state index in [-0.39, 0.29) is 6.04 Å². The van der Waals surface area contributed by atoms with Crippen LogP contribution in [0.5, 0.6) is 0 Å². The minimum absolute atomic E-state index is 0.106. The number of hydrogen-bond donors (Lipinski definition) is 2. The van der Waals surface area contributed by atoms with Crippen LogP contribution >= 0.6 is 0 Å². The maximum atomic E-state index is 5.68. The summed E-state index contributed by atoms with van der Waals surface area (Å²) in [7, 11) is 0. The van der Waals surface area contributed by atoms with Crippen molar-refractivity contribution in [1.29, 1.82) is 0 Å². The second-order valence-corrected chi connectivity index (χ2v) is 4.55. The van der Waals surface area contributed by atoms with E-state index >= 15 is 0 Å². The Kier molecular flexibility index (Phi) is 3.69. The van der Waals surface area contributed by atoms with Gasteiger partial charge in [0.25, 0.3) is 0 Å². The van der Waals surface area contributed by atoms with Crippen LogP contribution in [-0.4, -0.2) is 9.97 Å². The molecule has 0 saturated carbocycles. The Labute approximate surface area is 107 Å². The molecule has 0 bridgehead atoms. The van der Waals surface area contributed by atoms with Crippen molar-refractivity contribution in [1.82, 2.24) is 15.4 Å². The van der Waals surface area contributed by atoms with Crippen molar-refractivity contribution < 1.29 is 0 Å². The highest BCUT2D eigenvalue weighted by Crippen LogP contribution is 2.21. The van der Waals surface area contributed by atoms with Crippen molar-refractivity contribution in [2.24, 2.45) is 5.84 Å². The molecule has 0 fully saturated rings. The first-order valence-corrected chi connectivity index (χ1v) is 5.94. The summed E-state index contributed by atoms with van der Waals surface area (Å²) in [5.41, 5.74) is 7.27. The van der Waals surface area contributed by atoms with E-state index in [4.69, 9.17) is 5.84 Å². The summed E-state index contributed by atoms with van der Waals surface area (Å²) in [6.45, 7) is 6.03. The van der Waals surface area contributed by atoms with E-state index in [0.29, 0.717) is 0 Å². The molecule has 3 N–H and O–H groups in total. The molecular weight excluding hydrogens is 224 g/mol. The van der Waals surface area contributed by atoms with Crippen molar-refractivity contribution in [3.63, 3.8) is 0 Å². The Bertz CT molecular complexity index is 531. The standard InChI is InChI=1S/C14H18N4/c1-9-6-10(2)8-12(7-9)14(18-15)13-4-5-16-11(3)17-13/h4-8,14,18H,15H2,1-3H3. The van der Waals surface area contributed by atoms with Crippen molar-refractivity contribution >= 4 is 0 Å². The molecule has 1 unspecified atom stereocenters. The van der Waals surface area contributed by atoms with Gasteiger partial charge in [-0.2, -0.15) is 0 Å². The van der Waals surface area contributed by atoms with E-state index in [2.05, 4.69) is 47.4 Å². The highest BCUT2D eigenvalue weighted by Gasteiger charge is 2.14. The molecule has 2 rings (SSSR count). The predicted molar refractivity (Wildman–Crippen MR) is 71.9 cm³/mol. The zero-order valence-corrected chi connectivity index (χ0v) is 10.9. The number of rotatable bonds is 3. The van der Waals surface area contributed by atoms with E-state index in [1.54, 1.807) is 6.20 Å². The summed E-state index contributed by atoms with van der Waals surface area (Å²) >= 11 is 0. The summed E-state index contributed by atoms with van der Waals surface area (Å²) in [4.78, 5) is 8.53. The van der Waals surface area contributed by atoms with Crippen LogP contribution in [-0.2, 0) is 0 Å². The Morgan fingerprint density at radius 1 is 1.11 bits per heavy atom. The van der Waals surface area contributed by atoms with Gasteiger partial charge < -0.3 is 0 Å². The second-order valence-electron chi connectivity index (χ2n) is 4.55. The second kappa shape index (κ2) is 5.25. The van der Waals surface area contributed by atoms with Crippen LogP contribution in [0.2, 0.25) is 0 Å². The van der Waals surface area contributed by atoms with Crippen molar-refractivity contribution in [2.75, 3.05) is 0 Å². The number of benzene rings is 1. The summed E-state index contributed by atoms with van der Waals surface area (Å²) in [5.74, 6) is 6.42. The lowest BCUT2D eigenvalue weighted by Crippen LogP contribution is -2.29. The van der Waals surface area contributed by atoms with Gasteiger partial charge in [-0.3, -0.25) is 5.84 Å². The normalized spacial score (nSPS) is 12.4. The molecule has 0 aliphatic carbocycles. The average Bonchev–Trinajstić information content (AvgIpc) is 2.28. The highest BCUT2D eigenvalue weighted by molar-refractivity contribution is 5.34. The van der Waals surface area contributed by atoms with Crippen LogP contribution in [0.3, 0.4) is 0 Å². The molecule has 0 aliphatic heterocycles. The Hall–Kier alpha value is -1.78. The topological polar surface area (TPSA) is 63.8 Å². The van der Waals surface area contributed by atoms with Gasteiger partial charge in [-0.05, 0) is 32.4 Å². The van der Waals surface area contributed by atoms with E-state index in [9.17, 15) is 0 Å². The Morgan fingerprint density at radius 2 is 1.78 bits per heavy atom. The number of nitrogens with zero attached hydrogens (tertiary/aromatic N) is 2. The number of hydrazine groups is 1. The van der Waals surface area contributed by atoms with Crippen LogP contribution < -0.4 is 11.3 Å². The number of hydrogen-bond acceptors (Lipinski definition) is 4. The number of aromatic nitrogens is 2. The quantitative estimate of drug-likeness (QED) is 0.638. The van der Waals surface area contributed by atoms with Gasteiger partial charge in [-0.1, -0.05) is 29.3 Å². The molecule has 1 aromatic carbocycles. The number of nitrogens with two attached hydrogens (primary N) is 1. The molecule has 4 heteroatoms. The van der Waals surface area contributed by atoms with Gasteiger partial charge in [0.15, 0.2) is 0 Å². The fourth-order valence-electron chi connectivity index (χ4n) is 2.16. The summed E-state index contributed by atoms with van der Waals surface area (Å²) < 4.78 is 0. The molecule has 18 heavy (non-hydrogen) atoms. The molecule has 94 valence electrons. The first-order chi connectivity index (χ1) is 8.60. The van der Waals surface area contributed by atoms with Gasteiger partial charge in [-0.15, -0.1) is 0 Å². The first-order valence-electron chi connectivity index (χ1n) is 5.94. The molecule has 1 aromatic heterocycles. The molecule has 1 heterocycles. The monoisotopic (exact) mass is 242 g/mol. The van der Waals surface area contributed by atoms with Gasteiger partial charge >= 0.3 is 0 Å². The SMILES string of the molecule is Cc1cc(C)cc(C(NN)c2ccnc(C)n2)c1. The molecular formula is C14H18N4. The molecule has 4 nitrogen and oxygen atoms in total. The molecule has 0 amide bonds. The minimum atomic E-state index is -0.106. The Balaban J connectivity index is 2.45. The van der Waals surface area contributed by atoms with Gasteiger partial charge in [-0.25, -0.2) is 15.4 Å². The van der Waals surface area contributed by atoms with Gasteiger partial charge in [0.2, 0.25) is 0 Å². The van der Waals surface area contributed by atoms with Gasteiger partial charge in [0.1, 0.15) is 5.82 Å². The van der Waals surface area contributed by atoms with Crippen molar-refractivity contribution in [3.8, 4) is 0 Å². The highest BCUT2D eigenvalue weighted by atomic mass is 15.2. The molecule has 0 saturated heterocycles. The molecule has 0 radical (unpaired) electrons. The largest absolute Gasteiger partial charge is 0.271 e. The van der Waals surface area contributed by atoms with Gasteiger partial charge in [0.05, 0.1) is 11.7 Å². The smallest absolute Gasteiger partial charge is 0.125 e. The van der Waals surface area contributed by atoms with Crippen LogP contribution in [0.15, 0.2) is 30.5 Å². The fourth-order valence-corrected chi connectivity index (χ4v) is 2.16. The van der Waals surface area contributed by atoms with E-state index in [1.165, 1.54) is 11.1 Å². The zero-order valence-electron chi connectivity index (χ0n) is 10.9. The third-order valence-electron chi connectivity index (χ3n) is 2.84. The van der Waals surface area contributed by atoms with Crippen LogP contribution in [0.1, 0.15) is 34.3 Å². The summed E-state index contributed by atoms with van der Waals surface area (Å²) in [6, 6.07) is 8.16. The lowest BCUT2D eigenvalue weighted by molar-refractivity contribution is 0.615. The van der Waals surface area contributed by atoms with Gasteiger partial charge in [0, 0.05) is 6.20 Å². The third kappa shape index (κ3) is 2.72. The maximum absolute atomic E-state index is 5.68. The van der Waals surface area contributed by atoms with Crippen molar-refractivity contribution in [3.05, 3.63) is 58.7 Å². The van der Waals surface area contributed by atoms with E-state index in [0.717, 1.165) is 17.1 Å².